The number of ether oxygens (including phenoxy) is 1. The van der Waals surface area contributed by atoms with Crippen LogP contribution in [-0.4, -0.2) is 50.3 Å². The molecule has 0 aromatic carbocycles. The Labute approximate surface area is 136 Å². The van der Waals surface area contributed by atoms with Gasteiger partial charge in [0.1, 0.15) is 0 Å². The third-order valence-electron chi connectivity index (χ3n) is 4.60. The molecule has 22 heavy (non-hydrogen) atoms. The van der Waals surface area contributed by atoms with Crippen LogP contribution in [0.15, 0.2) is 0 Å². The first-order valence-electron chi connectivity index (χ1n) is 8.05. The minimum absolute atomic E-state index is 0.0831. The maximum absolute atomic E-state index is 12.2. The monoisotopic (exact) mass is 344 g/mol. The quantitative estimate of drug-likeness (QED) is 0.821. The molecule has 1 aliphatic carbocycles. The second kappa shape index (κ2) is 6.95. The van der Waals surface area contributed by atoms with Gasteiger partial charge in [-0.05, 0) is 38.5 Å². The predicted octanol–water partition coefficient (Wildman–Crippen LogP) is 2.18. The van der Waals surface area contributed by atoms with Crippen molar-refractivity contribution < 1.29 is 13.2 Å². The highest BCUT2D eigenvalue weighted by Gasteiger charge is 2.30. The first-order chi connectivity index (χ1) is 10.6. The van der Waals surface area contributed by atoms with Crippen molar-refractivity contribution in [2.24, 2.45) is 0 Å². The fourth-order valence-electron chi connectivity index (χ4n) is 3.25. The molecule has 0 spiro atoms. The summed E-state index contributed by atoms with van der Waals surface area (Å²) in [6, 6.07) is 0. The van der Waals surface area contributed by atoms with E-state index in [0.717, 1.165) is 19.3 Å². The first-order valence-corrected chi connectivity index (χ1v) is 10.5. The summed E-state index contributed by atoms with van der Waals surface area (Å²) in [7, 11) is -1.63. The molecule has 0 bridgehead atoms. The average Bonchev–Trinajstić information content (AvgIpc) is 2.97. The second-order valence-electron chi connectivity index (χ2n) is 6.11. The van der Waals surface area contributed by atoms with Gasteiger partial charge in [-0.3, -0.25) is 0 Å². The molecule has 2 heterocycles. The smallest absolute Gasteiger partial charge is 0.216 e. The van der Waals surface area contributed by atoms with Crippen LogP contribution in [0, 0.1) is 0 Å². The summed E-state index contributed by atoms with van der Waals surface area (Å²) < 4.78 is 30.9. The van der Waals surface area contributed by atoms with Crippen LogP contribution in [0.5, 0.6) is 0 Å². The Balaban J connectivity index is 1.61. The third kappa shape index (κ3) is 3.53. The Kier molecular flexibility index (Phi) is 5.17. The molecular weight excluding hydrogens is 320 g/mol. The summed E-state index contributed by atoms with van der Waals surface area (Å²) in [6.07, 6.45) is 6.61. The molecule has 124 valence electrons. The third-order valence-corrected chi connectivity index (χ3v) is 7.76. The highest BCUT2D eigenvalue weighted by molar-refractivity contribution is 7.89. The van der Waals surface area contributed by atoms with Crippen molar-refractivity contribution in [1.29, 1.82) is 0 Å². The number of fused-ring (bicyclic) bond motifs is 1. The largest absolute Gasteiger partial charge is 0.384 e. The molecule has 0 saturated carbocycles. The molecule has 1 aliphatic heterocycles. The fourth-order valence-corrected chi connectivity index (χ4v) is 5.97. The highest BCUT2D eigenvalue weighted by atomic mass is 32.2. The van der Waals surface area contributed by atoms with Gasteiger partial charge in [0, 0.05) is 31.0 Å². The average molecular weight is 345 g/mol. The van der Waals surface area contributed by atoms with Gasteiger partial charge >= 0.3 is 0 Å². The van der Waals surface area contributed by atoms with Crippen LogP contribution in [0.4, 0.5) is 0 Å². The number of rotatable bonds is 5. The summed E-state index contributed by atoms with van der Waals surface area (Å²) in [5.74, 6) is 0.518. The zero-order chi connectivity index (χ0) is 15.6. The van der Waals surface area contributed by atoms with Gasteiger partial charge in [-0.2, -0.15) is 0 Å². The molecule has 0 amide bonds. The molecule has 1 aromatic rings. The molecule has 0 unspecified atom stereocenters. The minimum atomic E-state index is -3.16. The van der Waals surface area contributed by atoms with E-state index in [0.29, 0.717) is 19.0 Å². The molecule has 1 aromatic heterocycles. The van der Waals surface area contributed by atoms with Gasteiger partial charge in [-0.15, -0.1) is 11.3 Å². The van der Waals surface area contributed by atoms with Crippen LogP contribution in [-0.2, 0) is 27.6 Å². The summed E-state index contributed by atoms with van der Waals surface area (Å²) in [6.45, 7) is 1.49. The maximum Gasteiger partial charge on any atom is 0.216 e. The zero-order valence-corrected chi connectivity index (χ0v) is 14.7. The Morgan fingerprint density at radius 2 is 2.00 bits per heavy atom. The van der Waals surface area contributed by atoms with Crippen LogP contribution >= 0.6 is 11.3 Å². The molecule has 3 rings (SSSR count). The van der Waals surface area contributed by atoms with E-state index in [9.17, 15) is 8.42 Å². The molecule has 7 heteroatoms. The standard InChI is InChI=1S/C15H24N2O3S2/c1-20-10-11-22(18,19)17-8-6-12(7-9-17)15-16-13-4-2-3-5-14(13)21-15/h12H,2-11H2,1H3. The number of methoxy groups -OCH3 is 1. The highest BCUT2D eigenvalue weighted by Crippen LogP contribution is 2.35. The van der Waals surface area contributed by atoms with Crippen molar-refractivity contribution in [2.75, 3.05) is 32.6 Å². The molecule has 0 atom stereocenters. The van der Waals surface area contributed by atoms with Crippen molar-refractivity contribution in [3.05, 3.63) is 15.6 Å². The van der Waals surface area contributed by atoms with Gasteiger partial charge in [-0.1, -0.05) is 0 Å². The van der Waals surface area contributed by atoms with Gasteiger partial charge < -0.3 is 4.74 Å². The normalized spacial score (nSPS) is 21.0. The van der Waals surface area contributed by atoms with Crippen molar-refractivity contribution in [3.8, 4) is 0 Å². The zero-order valence-electron chi connectivity index (χ0n) is 13.1. The lowest BCUT2D eigenvalue weighted by Crippen LogP contribution is -2.39. The Bertz CT molecular complexity index is 581. The maximum atomic E-state index is 12.2. The van der Waals surface area contributed by atoms with E-state index < -0.39 is 10.0 Å². The number of nitrogens with zero attached hydrogens (tertiary/aromatic N) is 2. The van der Waals surface area contributed by atoms with Crippen LogP contribution in [0.2, 0.25) is 0 Å². The second-order valence-corrected chi connectivity index (χ2v) is 9.31. The number of thiazole rings is 1. The van der Waals surface area contributed by atoms with Crippen LogP contribution in [0.3, 0.4) is 0 Å². The number of hydrogen-bond acceptors (Lipinski definition) is 5. The SMILES string of the molecule is COCCS(=O)(=O)N1CCC(c2nc3c(s2)CCCC3)CC1. The van der Waals surface area contributed by atoms with Crippen LogP contribution in [0.1, 0.15) is 47.2 Å². The van der Waals surface area contributed by atoms with Crippen molar-refractivity contribution >= 4 is 21.4 Å². The summed E-state index contributed by atoms with van der Waals surface area (Å²) in [5, 5.41) is 1.24. The van der Waals surface area contributed by atoms with Gasteiger partial charge in [0.2, 0.25) is 10.0 Å². The summed E-state index contributed by atoms with van der Waals surface area (Å²) >= 11 is 1.87. The van der Waals surface area contributed by atoms with Crippen molar-refractivity contribution in [3.63, 3.8) is 0 Å². The molecular formula is C15H24N2O3S2. The summed E-state index contributed by atoms with van der Waals surface area (Å²) in [5.41, 5.74) is 1.31. The van der Waals surface area contributed by atoms with E-state index in [1.807, 2.05) is 11.3 Å². The molecule has 2 aliphatic rings. The molecule has 1 saturated heterocycles. The van der Waals surface area contributed by atoms with E-state index in [1.165, 1.54) is 42.0 Å². The van der Waals surface area contributed by atoms with Gasteiger partial charge in [0.15, 0.2) is 0 Å². The number of aromatic nitrogens is 1. The lowest BCUT2D eigenvalue weighted by atomic mass is 9.99. The topological polar surface area (TPSA) is 59.5 Å². The van der Waals surface area contributed by atoms with Crippen LogP contribution in [0.25, 0.3) is 0 Å². The minimum Gasteiger partial charge on any atom is -0.384 e. The Hall–Kier alpha value is -0.500. The first kappa shape index (κ1) is 16.4. The van der Waals surface area contributed by atoms with Crippen LogP contribution < -0.4 is 0 Å². The Morgan fingerprint density at radius 3 is 2.68 bits per heavy atom. The number of sulfonamides is 1. The van der Waals surface area contributed by atoms with E-state index in [1.54, 1.807) is 4.31 Å². The lowest BCUT2D eigenvalue weighted by Gasteiger charge is -2.30. The lowest BCUT2D eigenvalue weighted by molar-refractivity contribution is 0.214. The van der Waals surface area contributed by atoms with Crippen molar-refractivity contribution in [1.82, 2.24) is 9.29 Å². The molecule has 1 fully saturated rings. The van der Waals surface area contributed by atoms with E-state index in [2.05, 4.69) is 0 Å². The van der Waals surface area contributed by atoms with E-state index >= 15 is 0 Å². The van der Waals surface area contributed by atoms with E-state index in [4.69, 9.17) is 9.72 Å². The van der Waals surface area contributed by atoms with Gasteiger partial charge in [-0.25, -0.2) is 17.7 Å². The van der Waals surface area contributed by atoms with Gasteiger partial charge in [0.05, 0.1) is 23.1 Å². The number of aryl methyl sites for hydroxylation is 2. The van der Waals surface area contributed by atoms with E-state index in [-0.39, 0.29) is 12.4 Å². The Morgan fingerprint density at radius 1 is 1.27 bits per heavy atom. The number of piperidine rings is 1. The van der Waals surface area contributed by atoms with Gasteiger partial charge in [0.25, 0.3) is 0 Å². The fraction of sp³-hybridized carbons (Fsp3) is 0.800. The predicted molar refractivity (Wildman–Crippen MR) is 88.0 cm³/mol. The molecule has 0 radical (unpaired) electrons. The van der Waals surface area contributed by atoms with Crippen molar-refractivity contribution in [2.45, 2.75) is 44.4 Å². The summed E-state index contributed by atoms with van der Waals surface area (Å²) in [4.78, 5) is 6.31. The molecule has 0 N–H and O–H groups in total. The molecule has 5 nitrogen and oxygen atoms in total. The number of hydrogen-bond donors (Lipinski definition) is 0.